The SMILES string of the molecule is CCC=CSS. The molecule has 0 bridgehead atoms. The predicted molar refractivity (Wildman–Crippen MR) is 36.0 cm³/mol. The Bertz CT molecular complexity index is 34.8. The largest absolute Gasteiger partial charge is 0.107 e. The Morgan fingerprint density at radius 3 is 2.67 bits per heavy atom. The molecule has 36 valence electrons. The third kappa shape index (κ3) is 4.44. The number of rotatable bonds is 2. The fraction of sp³-hybridized carbons (Fsp3) is 0.500. The molecule has 0 radical (unpaired) electrons. The average Bonchev–Trinajstić information content (AvgIpc) is 1.61. The van der Waals surface area contributed by atoms with Gasteiger partial charge in [-0.25, -0.2) is 0 Å². The number of allylic oxidation sites excluding steroid dienone is 1. The van der Waals surface area contributed by atoms with E-state index in [1.165, 1.54) is 10.8 Å². The highest BCUT2D eigenvalue weighted by molar-refractivity contribution is 8.69. The third-order valence-electron chi connectivity index (χ3n) is 0.393. The van der Waals surface area contributed by atoms with Gasteiger partial charge in [0.1, 0.15) is 0 Å². The van der Waals surface area contributed by atoms with Crippen LogP contribution < -0.4 is 0 Å². The van der Waals surface area contributed by atoms with E-state index in [2.05, 4.69) is 24.7 Å². The maximum Gasteiger partial charge on any atom is -0.0224 e. The number of thiol groups is 1. The summed E-state index contributed by atoms with van der Waals surface area (Å²) in [5, 5.41) is 1.96. The molecule has 0 rings (SSSR count). The van der Waals surface area contributed by atoms with Gasteiger partial charge in [0.15, 0.2) is 0 Å². The van der Waals surface area contributed by atoms with Gasteiger partial charge in [-0.05, 0) is 11.8 Å². The van der Waals surface area contributed by atoms with Crippen LogP contribution in [0.3, 0.4) is 0 Å². The molecule has 0 atom stereocenters. The zero-order valence-electron chi connectivity index (χ0n) is 3.72. The van der Waals surface area contributed by atoms with E-state index in [-0.39, 0.29) is 0 Å². The van der Waals surface area contributed by atoms with E-state index in [0.717, 1.165) is 6.42 Å². The lowest BCUT2D eigenvalue weighted by Gasteiger charge is -1.71. The first-order valence-electron chi connectivity index (χ1n) is 1.87. The molecule has 0 unspecified atom stereocenters. The average molecular weight is 120 g/mol. The molecule has 0 aromatic carbocycles. The van der Waals surface area contributed by atoms with E-state index in [0.29, 0.717) is 0 Å². The summed E-state index contributed by atoms with van der Waals surface area (Å²) in [5.74, 6) is 0. The number of hydrogen-bond donors (Lipinski definition) is 1. The first-order valence-corrected chi connectivity index (χ1v) is 3.80. The van der Waals surface area contributed by atoms with Crippen LogP contribution in [0.5, 0.6) is 0 Å². The summed E-state index contributed by atoms with van der Waals surface area (Å²) < 4.78 is 0. The van der Waals surface area contributed by atoms with Crippen LogP contribution in [0.2, 0.25) is 0 Å². The molecule has 0 aromatic heterocycles. The second kappa shape index (κ2) is 5.44. The van der Waals surface area contributed by atoms with Crippen molar-refractivity contribution in [1.82, 2.24) is 0 Å². The quantitative estimate of drug-likeness (QED) is 0.431. The summed E-state index contributed by atoms with van der Waals surface area (Å²) >= 11 is 3.88. The molecule has 0 N–H and O–H groups in total. The maximum absolute atomic E-state index is 3.88. The van der Waals surface area contributed by atoms with Crippen molar-refractivity contribution in [3.8, 4) is 0 Å². The second-order valence-corrected chi connectivity index (χ2v) is 2.00. The van der Waals surface area contributed by atoms with Crippen molar-refractivity contribution in [2.45, 2.75) is 13.3 Å². The van der Waals surface area contributed by atoms with Gasteiger partial charge in [-0.2, -0.15) is 0 Å². The van der Waals surface area contributed by atoms with E-state index in [1.54, 1.807) is 0 Å². The van der Waals surface area contributed by atoms with E-state index in [4.69, 9.17) is 0 Å². The summed E-state index contributed by atoms with van der Waals surface area (Å²) in [7, 11) is 1.44. The van der Waals surface area contributed by atoms with Gasteiger partial charge < -0.3 is 0 Å². The van der Waals surface area contributed by atoms with Gasteiger partial charge >= 0.3 is 0 Å². The molecular weight excluding hydrogens is 112 g/mol. The van der Waals surface area contributed by atoms with Crippen LogP contribution in [-0.4, -0.2) is 0 Å². The van der Waals surface area contributed by atoms with Gasteiger partial charge in [0.05, 0.1) is 0 Å². The Kier molecular flexibility index (Phi) is 5.84. The Balaban J connectivity index is 2.73. The fourth-order valence-electron chi connectivity index (χ4n) is 0.139. The monoisotopic (exact) mass is 120 g/mol. The molecule has 0 nitrogen and oxygen atoms in total. The van der Waals surface area contributed by atoms with Crippen LogP contribution in [0.25, 0.3) is 0 Å². The molecule has 0 amide bonds. The summed E-state index contributed by atoms with van der Waals surface area (Å²) in [6.45, 7) is 2.10. The molecule has 0 aliphatic carbocycles. The Morgan fingerprint density at radius 1 is 1.83 bits per heavy atom. The molecule has 0 saturated carbocycles. The van der Waals surface area contributed by atoms with E-state index in [1.807, 2.05) is 5.41 Å². The van der Waals surface area contributed by atoms with E-state index >= 15 is 0 Å². The third-order valence-corrected chi connectivity index (χ3v) is 1.07. The molecule has 0 heterocycles. The second-order valence-electron chi connectivity index (χ2n) is 0.885. The minimum Gasteiger partial charge on any atom is -0.107 e. The first kappa shape index (κ1) is 6.44. The van der Waals surface area contributed by atoms with Gasteiger partial charge in [0.25, 0.3) is 0 Å². The van der Waals surface area contributed by atoms with Crippen LogP contribution in [0.15, 0.2) is 11.5 Å². The lowest BCUT2D eigenvalue weighted by molar-refractivity contribution is 1.23. The highest BCUT2D eigenvalue weighted by atomic mass is 33.1. The molecule has 2 heteroatoms. The summed E-state index contributed by atoms with van der Waals surface area (Å²) in [5.41, 5.74) is 0. The summed E-state index contributed by atoms with van der Waals surface area (Å²) in [6, 6.07) is 0. The van der Waals surface area contributed by atoms with Gasteiger partial charge in [0, 0.05) is 0 Å². The van der Waals surface area contributed by atoms with Crippen LogP contribution in [0.4, 0.5) is 0 Å². The topological polar surface area (TPSA) is 0 Å². The molecule has 0 fully saturated rings. The molecule has 0 aliphatic rings. The predicted octanol–water partition coefficient (Wildman–Crippen LogP) is 2.49. The van der Waals surface area contributed by atoms with Crippen molar-refractivity contribution < 1.29 is 0 Å². The molecular formula is C4H8S2. The summed E-state index contributed by atoms with van der Waals surface area (Å²) in [4.78, 5) is 0. The summed E-state index contributed by atoms with van der Waals surface area (Å²) in [6.07, 6.45) is 3.17. The van der Waals surface area contributed by atoms with Crippen LogP contribution in [0, 0.1) is 0 Å². The Hall–Kier alpha value is 0.440. The molecule has 0 saturated heterocycles. The lowest BCUT2D eigenvalue weighted by atomic mass is 10.5. The van der Waals surface area contributed by atoms with Crippen molar-refractivity contribution in [2.24, 2.45) is 0 Å². The van der Waals surface area contributed by atoms with E-state index < -0.39 is 0 Å². The highest BCUT2D eigenvalue weighted by Crippen LogP contribution is 2.05. The fourth-order valence-corrected chi connectivity index (χ4v) is 0.676. The minimum atomic E-state index is 1.10. The standard InChI is InChI=1S/C4H8S2/c1-2-3-4-6-5/h3-5H,2H2,1H3. The normalized spacial score (nSPS) is 10.3. The maximum atomic E-state index is 3.88. The smallest absolute Gasteiger partial charge is 0.0224 e. The van der Waals surface area contributed by atoms with Crippen molar-refractivity contribution >= 4 is 22.5 Å². The van der Waals surface area contributed by atoms with Crippen molar-refractivity contribution in [2.75, 3.05) is 0 Å². The minimum absolute atomic E-state index is 1.10. The Morgan fingerprint density at radius 2 is 2.50 bits per heavy atom. The van der Waals surface area contributed by atoms with Gasteiger partial charge in [-0.15, -0.1) is 11.7 Å². The van der Waals surface area contributed by atoms with Gasteiger partial charge in [-0.1, -0.05) is 23.8 Å². The highest BCUT2D eigenvalue weighted by Gasteiger charge is 1.60. The van der Waals surface area contributed by atoms with Crippen LogP contribution >= 0.6 is 22.5 Å². The van der Waals surface area contributed by atoms with Crippen LogP contribution in [0.1, 0.15) is 13.3 Å². The molecule has 0 aromatic rings. The zero-order valence-corrected chi connectivity index (χ0v) is 5.43. The molecule has 0 aliphatic heterocycles. The van der Waals surface area contributed by atoms with Gasteiger partial charge in [-0.3, -0.25) is 0 Å². The number of hydrogen-bond acceptors (Lipinski definition) is 2. The van der Waals surface area contributed by atoms with Gasteiger partial charge in [0.2, 0.25) is 0 Å². The van der Waals surface area contributed by atoms with Crippen LogP contribution in [-0.2, 0) is 0 Å². The zero-order chi connectivity index (χ0) is 4.83. The van der Waals surface area contributed by atoms with E-state index in [9.17, 15) is 0 Å². The molecule has 0 spiro atoms. The van der Waals surface area contributed by atoms with Crippen molar-refractivity contribution in [1.29, 1.82) is 0 Å². The van der Waals surface area contributed by atoms with Crippen molar-refractivity contribution in [3.63, 3.8) is 0 Å². The first-order chi connectivity index (χ1) is 2.91. The lowest BCUT2D eigenvalue weighted by Crippen LogP contribution is -1.43. The Labute approximate surface area is 47.8 Å². The van der Waals surface area contributed by atoms with Crippen molar-refractivity contribution in [3.05, 3.63) is 11.5 Å². The molecule has 6 heavy (non-hydrogen) atoms.